The van der Waals surface area contributed by atoms with E-state index in [2.05, 4.69) is 10.3 Å². The van der Waals surface area contributed by atoms with Crippen molar-refractivity contribution in [2.45, 2.75) is 6.54 Å². The van der Waals surface area contributed by atoms with E-state index in [1.54, 1.807) is 13.4 Å². The maximum absolute atomic E-state index is 11.6. The molecule has 0 aliphatic heterocycles. The molecule has 5 nitrogen and oxygen atoms in total. The zero-order valence-electron chi connectivity index (χ0n) is 9.72. The number of nitrogens with one attached hydrogen (secondary N) is 1. The lowest BCUT2D eigenvalue weighted by molar-refractivity contribution is -0.121. The molecule has 0 saturated heterocycles. The number of fused-ring (bicyclic) bond motifs is 1. The van der Waals surface area contributed by atoms with E-state index in [1.807, 2.05) is 28.8 Å². The normalized spacial score (nSPS) is 10.6. The van der Waals surface area contributed by atoms with Gasteiger partial charge in [-0.3, -0.25) is 4.79 Å². The van der Waals surface area contributed by atoms with Gasteiger partial charge in [-0.2, -0.15) is 0 Å². The van der Waals surface area contributed by atoms with Crippen molar-refractivity contribution in [3.8, 4) is 0 Å². The van der Waals surface area contributed by atoms with Crippen LogP contribution in [0, 0.1) is 0 Å². The Labute approximate surface area is 99.4 Å². The van der Waals surface area contributed by atoms with Crippen LogP contribution >= 0.6 is 0 Å². The number of para-hydroxylation sites is 2. The van der Waals surface area contributed by atoms with Gasteiger partial charge in [0.25, 0.3) is 0 Å². The van der Waals surface area contributed by atoms with Crippen molar-refractivity contribution in [3.63, 3.8) is 0 Å². The highest BCUT2D eigenvalue weighted by molar-refractivity contribution is 5.80. The highest BCUT2D eigenvalue weighted by Crippen LogP contribution is 2.11. The summed E-state index contributed by atoms with van der Waals surface area (Å²) in [7, 11) is 1.61. The Morgan fingerprint density at radius 3 is 3.12 bits per heavy atom. The largest absolute Gasteiger partial charge is 0.383 e. The van der Waals surface area contributed by atoms with Crippen molar-refractivity contribution in [3.05, 3.63) is 30.6 Å². The van der Waals surface area contributed by atoms with Gasteiger partial charge in [0.15, 0.2) is 0 Å². The first-order valence-electron chi connectivity index (χ1n) is 5.47. The molecular formula is C12H15N3O2. The molecule has 0 radical (unpaired) electrons. The Morgan fingerprint density at radius 2 is 2.29 bits per heavy atom. The van der Waals surface area contributed by atoms with Crippen molar-refractivity contribution in [1.29, 1.82) is 0 Å². The lowest BCUT2D eigenvalue weighted by Gasteiger charge is -2.05. The van der Waals surface area contributed by atoms with Crippen LogP contribution in [0.15, 0.2) is 30.6 Å². The zero-order valence-corrected chi connectivity index (χ0v) is 9.72. The maximum atomic E-state index is 11.6. The van der Waals surface area contributed by atoms with Gasteiger partial charge < -0.3 is 14.6 Å². The highest BCUT2D eigenvalue weighted by Gasteiger charge is 2.05. The van der Waals surface area contributed by atoms with Crippen LogP contribution in [0.1, 0.15) is 0 Å². The summed E-state index contributed by atoms with van der Waals surface area (Å²) in [6, 6.07) is 7.74. The number of aromatic nitrogens is 2. The predicted molar refractivity (Wildman–Crippen MR) is 64.6 cm³/mol. The number of carbonyl (C=O) groups excluding carboxylic acids is 1. The summed E-state index contributed by atoms with van der Waals surface area (Å²) < 4.78 is 6.69. The molecule has 5 heteroatoms. The number of hydrogen-bond donors (Lipinski definition) is 1. The van der Waals surface area contributed by atoms with Gasteiger partial charge in [0.2, 0.25) is 5.91 Å². The maximum Gasteiger partial charge on any atom is 0.240 e. The number of imidazole rings is 1. The van der Waals surface area contributed by atoms with Gasteiger partial charge in [0.05, 0.1) is 24.0 Å². The second-order valence-corrected chi connectivity index (χ2v) is 3.70. The third-order valence-corrected chi connectivity index (χ3v) is 2.47. The number of nitrogens with zero attached hydrogens (tertiary/aromatic N) is 2. The monoisotopic (exact) mass is 233 g/mol. The highest BCUT2D eigenvalue weighted by atomic mass is 16.5. The topological polar surface area (TPSA) is 56.1 Å². The van der Waals surface area contributed by atoms with E-state index in [0.29, 0.717) is 13.2 Å². The third kappa shape index (κ3) is 2.82. The Balaban J connectivity index is 2.01. The summed E-state index contributed by atoms with van der Waals surface area (Å²) in [5.41, 5.74) is 1.87. The number of ether oxygens (including phenoxy) is 1. The summed E-state index contributed by atoms with van der Waals surface area (Å²) in [4.78, 5) is 15.8. The van der Waals surface area contributed by atoms with Crippen molar-refractivity contribution >= 4 is 16.9 Å². The quantitative estimate of drug-likeness (QED) is 0.777. The second kappa shape index (κ2) is 5.45. The van der Waals surface area contributed by atoms with Crippen LogP contribution in [-0.2, 0) is 16.1 Å². The van der Waals surface area contributed by atoms with E-state index in [4.69, 9.17) is 4.74 Å². The van der Waals surface area contributed by atoms with Gasteiger partial charge in [0, 0.05) is 13.7 Å². The van der Waals surface area contributed by atoms with Gasteiger partial charge in [-0.1, -0.05) is 12.1 Å². The molecule has 17 heavy (non-hydrogen) atoms. The van der Waals surface area contributed by atoms with Crippen LogP contribution in [0.3, 0.4) is 0 Å². The second-order valence-electron chi connectivity index (χ2n) is 3.70. The molecule has 1 aromatic heterocycles. The molecule has 0 aliphatic rings. The molecule has 0 spiro atoms. The summed E-state index contributed by atoms with van der Waals surface area (Å²) in [6.45, 7) is 1.34. The number of amides is 1. The lowest BCUT2D eigenvalue weighted by Crippen LogP contribution is -2.30. The average Bonchev–Trinajstić information content (AvgIpc) is 2.73. The molecule has 1 aromatic carbocycles. The van der Waals surface area contributed by atoms with Gasteiger partial charge in [-0.15, -0.1) is 0 Å². The molecule has 0 fully saturated rings. The van der Waals surface area contributed by atoms with E-state index >= 15 is 0 Å². The van der Waals surface area contributed by atoms with E-state index in [0.717, 1.165) is 11.0 Å². The molecular weight excluding hydrogens is 218 g/mol. The van der Waals surface area contributed by atoms with Crippen LogP contribution in [0.2, 0.25) is 0 Å². The SMILES string of the molecule is COCCNC(=O)Cn1cnc2ccccc21. The van der Waals surface area contributed by atoms with Crippen LogP contribution in [0.4, 0.5) is 0 Å². The van der Waals surface area contributed by atoms with Gasteiger partial charge in [-0.05, 0) is 12.1 Å². The van der Waals surface area contributed by atoms with Gasteiger partial charge in [-0.25, -0.2) is 4.98 Å². The Bertz CT molecular complexity index is 507. The van der Waals surface area contributed by atoms with Crippen molar-refractivity contribution in [2.75, 3.05) is 20.3 Å². The lowest BCUT2D eigenvalue weighted by atomic mass is 10.3. The number of methoxy groups -OCH3 is 1. The molecule has 2 rings (SSSR count). The van der Waals surface area contributed by atoms with Crippen molar-refractivity contribution < 1.29 is 9.53 Å². The smallest absolute Gasteiger partial charge is 0.240 e. The van der Waals surface area contributed by atoms with Crippen LogP contribution < -0.4 is 5.32 Å². The van der Waals surface area contributed by atoms with Crippen molar-refractivity contribution in [1.82, 2.24) is 14.9 Å². The first-order valence-corrected chi connectivity index (χ1v) is 5.47. The average molecular weight is 233 g/mol. The predicted octanol–water partition coefficient (Wildman–Crippen LogP) is 0.799. The molecule has 0 bridgehead atoms. The molecule has 1 amide bonds. The minimum absolute atomic E-state index is 0.0368. The van der Waals surface area contributed by atoms with Crippen molar-refractivity contribution in [2.24, 2.45) is 0 Å². The summed E-state index contributed by atoms with van der Waals surface area (Å²) >= 11 is 0. The first-order chi connectivity index (χ1) is 8.31. The molecule has 0 atom stereocenters. The molecule has 2 aromatic rings. The number of benzene rings is 1. The summed E-state index contributed by atoms with van der Waals surface area (Å²) in [5.74, 6) is -0.0368. The Morgan fingerprint density at radius 1 is 1.47 bits per heavy atom. The first kappa shape index (κ1) is 11.6. The summed E-state index contributed by atoms with van der Waals surface area (Å²) in [5, 5.41) is 2.77. The standard InChI is InChI=1S/C12H15N3O2/c1-17-7-6-13-12(16)8-15-9-14-10-4-2-3-5-11(10)15/h2-5,9H,6-8H2,1H3,(H,13,16). The van der Waals surface area contributed by atoms with Gasteiger partial charge in [0.1, 0.15) is 6.54 Å². The molecule has 0 unspecified atom stereocenters. The third-order valence-electron chi connectivity index (χ3n) is 2.47. The minimum atomic E-state index is -0.0368. The molecule has 0 saturated carbocycles. The molecule has 0 aliphatic carbocycles. The molecule has 1 heterocycles. The number of carbonyl (C=O) groups is 1. The van der Waals surface area contributed by atoms with Crippen LogP contribution in [-0.4, -0.2) is 35.7 Å². The fourth-order valence-corrected chi connectivity index (χ4v) is 1.64. The molecule has 90 valence electrons. The molecule has 1 N–H and O–H groups in total. The summed E-state index contributed by atoms with van der Waals surface area (Å²) in [6.07, 6.45) is 1.68. The Hall–Kier alpha value is -1.88. The Kier molecular flexibility index (Phi) is 3.72. The fourth-order valence-electron chi connectivity index (χ4n) is 1.64. The van der Waals surface area contributed by atoms with E-state index in [1.165, 1.54) is 0 Å². The van der Waals surface area contributed by atoms with E-state index in [9.17, 15) is 4.79 Å². The fraction of sp³-hybridized carbons (Fsp3) is 0.333. The van der Waals surface area contributed by atoms with Crippen LogP contribution in [0.25, 0.3) is 11.0 Å². The van der Waals surface area contributed by atoms with Gasteiger partial charge >= 0.3 is 0 Å². The zero-order chi connectivity index (χ0) is 12.1. The number of hydrogen-bond acceptors (Lipinski definition) is 3. The number of rotatable bonds is 5. The van der Waals surface area contributed by atoms with Crippen LogP contribution in [0.5, 0.6) is 0 Å². The van der Waals surface area contributed by atoms with E-state index < -0.39 is 0 Å². The minimum Gasteiger partial charge on any atom is -0.383 e. The van der Waals surface area contributed by atoms with E-state index in [-0.39, 0.29) is 12.5 Å².